The first-order valence-electron chi connectivity index (χ1n) is 11.0. The quantitative estimate of drug-likeness (QED) is 0.303. The Kier molecular flexibility index (Phi) is 7.19. The van der Waals surface area contributed by atoms with Crippen molar-refractivity contribution >= 4 is 22.8 Å². The first kappa shape index (κ1) is 22.3. The molecule has 0 spiro atoms. The molecule has 0 saturated carbocycles. The van der Waals surface area contributed by atoms with Gasteiger partial charge in [0.05, 0.1) is 25.8 Å². The number of pyridine rings is 1. The van der Waals surface area contributed by atoms with Gasteiger partial charge in [0.25, 0.3) is 0 Å². The van der Waals surface area contributed by atoms with Gasteiger partial charge in [-0.1, -0.05) is 19.8 Å². The highest BCUT2D eigenvalue weighted by molar-refractivity contribution is 5.86. The van der Waals surface area contributed by atoms with Gasteiger partial charge in [0.15, 0.2) is 5.82 Å². The van der Waals surface area contributed by atoms with Crippen LogP contribution in [0.25, 0.3) is 11.0 Å². The number of methoxy groups -OCH3 is 2. The molecule has 1 atom stereocenters. The first-order chi connectivity index (χ1) is 16.2. The zero-order valence-electron chi connectivity index (χ0n) is 19.1. The molecule has 1 unspecified atom stereocenters. The highest BCUT2D eigenvalue weighted by Gasteiger charge is 2.17. The minimum Gasteiger partial charge on any atom is -0.497 e. The Bertz CT molecular complexity index is 1180. The van der Waals surface area contributed by atoms with Crippen LogP contribution in [0.2, 0.25) is 0 Å². The van der Waals surface area contributed by atoms with Gasteiger partial charge in [-0.25, -0.2) is 9.97 Å². The summed E-state index contributed by atoms with van der Waals surface area (Å²) in [6.45, 7) is 2.67. The van der Waals surface area contributed by atoms with Gasteiger partial charge in [-0.05, 0) is 30.7 Å². The summed E-state index contributed by atoms with van der Waals surface area (Å²) in [5, 5.41) is 6.87. The van der Waals surface area contributed by atoms with Crippen molar-refractivity contribution in [3.63, 3.8) is 0 Å². The number of unbranched alkanes of at least 4 members (excludes halogenated alkanes) is 1. The van der Waals surface area contributed by atoms with Crippen LogP contribution in [0.3, 0.4) is 0 Å². The summed E-state index contributed by atoms with van der Waals surface area (Å²) < 4.78 is 10.8. The van der Waals surface area contributed by atoms with E-state index >= 15 is 0 Å². The van der Waals surface area contributed by atoms with Gasteiger partial charge >= 0.3 is 0 Å². The van der Waals surface area contributed by atoms with Crippen LogP contribution in [-0.2, 0) is 6.54 Å². The van der Waals surface area contributed by atoms with Crippen molar-refractivity contribution < 1.29 is 9.47 Å². The number of aromatic nitrogens is 5. The number of benzene rings is 1. The Balaban J connectivity index is 1.61. The summed E-state index contributed by atoms with van der Waals surface area (Å²) in [7, 11) is 3.28. The third kappa shape index (κ3) is 5.31. The molecular formula is C24H29N7O2. The van der Waals surface area contributed by atoms with Gasteiger partial charge < -0.3 is 25.1 Å². The van der Waals surface area contributed by atoms with Crippen LogP contribution >= 0.6 is 0 Å². The Morgan fingerprint density at radius 3 is 2.73 bits per heavy atom. The maximum atomic E-state index is 5.51. The van der Waals surface area contributed by atoms with Crippen LogP contribution in [0.1, 0.15) is 43.6 Å². The topological polar surface area (TPSA) is 110 Å². The van der Waals surface area contributed by atoms with Gasteiger partial charge in [-0.3, -0.25) is 4.98 Å². The average Bonchev–Trinajstić information content (AvgIpc) is 3.40. The van der Waals surface area contributed by atoms with Crippen LogP contribution in [0, 0.1) is 0 Å². The summed E-state index contributed by atoms with van der Waals surface area (Å²) in [5.74, 6) is 3.53. The summed E-state index contributed by atoms with van der Waals surface area (Å²) in [5.41, 5.74) is 2.45. The fraction of sp³-hybridized carbons (Fsp3) is 0.333. The second-order valence-corrected chi connectivity index (χ2v) is 7.61. The first-order valence-corrected chi connectivity index (χ1v) is 11.0. The molecule has 0 fully saturated rings. The van der Waals surface area contributed by atoms with Crippen molar-refractivity contribution in [1.29, 1.82) is 0 Å². The van der Waals surface area contributed by atoms with E-state index in [4.69, 9.17) is 14.5 Å². The number of imidazole rings is 1. The van der Waals surface area contributed by atoms with Crippen molar-refractivity contribution in [3.8, 4) is 11.5 Å². The Hall–Kier alpha value is -3.88. The number of hydrogen-bond acceptors (Lipinski definition) is 8. The molecule has 0 saturated heterocycles. The van der Waals surface area contributed by atoms with Crippen LogP contribution < -0.4 is 20.1 Å². The zero-order chi connectivity index (χ0) is 23.0. The van der Waals surface area contributed by atoms with Crippen molar-refractivity contribution in [2.45, 2.75) is 38.8 Å². The molecule has 9 heteroatoms. The van der Waals surface area contributed by atoms with Crippen molar-refractivity contribution in [2.24, 2.45) is 0 Å². The maximum Gasteiger partial charge on any atom is 0.225 e. The number of aromatic amines is 1. The molecule has 3 heterocycles. The van der Waals surface area contributed by atoms with Crippen molar-refractivity contribution in [2.75, 3.05) is 24.9 Å². The van der Waals surface area contributed by atoms with Gasteiger partial charge in [-0.15, -0.1) is 0 Å². The number of hydrogen-bond donors (Lipinski definition) is 3. The van der Waals surface area contributed by atoms with Gasteiger partial charge in [0.1, 0.15) is 22.8 Å². The number of ether oxygens (including phenoxy) is 2. The molecule has 1 aromatic carbocycles. The minimum absolute atomic E-state index is 0.00501. The number of fused-ring (bicyclic) bond motifs is 1. The van der Waals surface area contributed by atoms with Crippen LogP contribution in [0.4, 0.5) is 11.8 Å². The molecule has 0 aliphatic rings. The van der Waals surface area contributed by atoms with E-state index in [-0.39, 0.29) is 6.04 Å². The Labute approximate surface area is 193 Å². The zero-order valence-corrected chi connectivity index (χ0v) is 19.1. The number of nitrogens with one attached hydrogen (secondary N) is 3. The predicted octanol–water partition coefficient (Wildman–Crippen LogP) is 4.72. The molecule has 0 amide bonds. The molecule has 0 aliphatic heterocycles. The molecule has 9 nitrogen and oxygen atoms in total. The lowest BCUT2D eigenvalue weighted by Gasteiger charge is -2.19. The highest BCUT2D eigenvalue weighted by Crippen LogP contribution is 2.28. The average molecular weight is 448 g/mol. The van der Waals surface area contributed by atoms with Crippen molar-refractivity contribution in [1.82, 2.24) is 24.9 Å². The van der Waals surface area contributed by atoms with Gasteiger partial charge in [-0.2, -0.15) is 4.98 Å². The number of anilines is 2. The summed E-state index contributed by atoms with van der Waals surface area (Å²) in [4.78, 5) is 21.6. The summed E-state index contributed by atoms with van der Waals surface area (Å²) in [6, 6.07) is 9.52. The lowest BCUT2D eigenvalue weighted by Crippen LogP contribution is -2.15. The molecule has 0 aliphatic carbocycles. The fourth-order valence-corrected chi connectivity index (χ4v) is 3.64. The Morgan fingerprint density at radius 2 is 1.97 bits per heavy atom. The molecule has 33 heavy (non-hydrogen) atoms. The second-order valence-electron chi connectivity index (χ2n) is 7.61. The maximum absolute atomic E-state index is 5.51. The minimum atomic E-state index is -0.00501. The van der Waals surface area contributed by atoms with Crippen molar-refractivity contribution in [3.05, 3.63) is 60.3 Å². The normalized spacial score (nSPS) is 11.8. The summed E-state index contributed by atoms with van der Waals surface area (Å²) in [6.07, 6.45) is 8.44. The Morgan fingerprint density at radius 1 is 1.06 bits per heavy atom. The molecule has 3 aromatic heterocycles. The molecule has 172 valence electrons. The molecule has 4 rings (SSSR count). The van der Waals surface area contributed by atoms with Crippen LogP contribution in [0.15, 0.2) is 48.9 Å². The van der Waals surface area contributed by atoms with E-state index in [1.165, 1.54) is 0 Å². The largest absolute Gasteiger partial charge is 0.497 e. The van der Waals surface area contributed by atoms with E-state index in [0.29, 0.717) is 18.3 Å². The molecule has 4 aromatic rings. The molecular weight excluding hydrogens is 418 g/mol. The highest BCUT2D eigenvalue weighted by atomic mass is 16.5. The third-order valence-corrected chi connectivity index (χ3v) is 5.39. The standard InChI is InChI=1S/C24H29N7O2/c1-4-5-7-19(22-26-12-13-27-22)29-23-21-18(8-6-11-25-21)30-24(31-23)28-15-16-9-10-17(32-2)14-20(16)33-3/h6,8-14,19H,4-5,7,15H2,1-3H3,(H,26,27)(H2,28,29,30,31). The van der Waals surface area contributed by atoms with Crippen LogP contribution in [0.5, 0.6) is 11.5 Å². The smallest absolute Gasteiger partial charge is 0.225 e. The SMILES string of the molecule is CCCCC(Nc1nc(NCc2ccc(OC)cc2OC)nc2cccnc12)c1ncc[nH]1. The lowest BCUT2D eigenvalue weighted by atomic mass is 10.1. The third-order valence-electron chi connectivity index (χ3n) is 5.39. The molecule has 3 N–H and O–H groups in total. The monoisotopic (exact) mass is 447 g/mol. The molecule has 0 radical (unpaired) electrons. The number of H-pyrrole nitrogens is 1. The summed E-state index contributed by atoms with van der Waals surface area (Å²) >= 11 is 0. The number of rotatable bonds is 11. The second kappa shape index (κ2) is 10.6. The van der Waals surface area contributed by atoms with E-state index in [9.17, 15) is 0 Å². The fourth-order valence-electron chi connectivity index (χ4n) is 3.64. The molecule has 0 bridgehead atoms. The van der Waals surface area contributed by atoms with Crippen LogP contribution in [-0.4, -0.2) is 39.1 Å². The van der Waals surface area contributed by atoms with E-state index in [1.54, 1.807) is 26.6 Å². The predicted molar refractivity (Wildman–Crippen MR) is 129 cm³/mol. The van der Waals surface area contributed by atoms with Gasteiger partial charge in [0.2, 0.25) is 5.95 Å². The van der Waals surface area contributed by atoms with E-state index in [1.807, 2.05) is 36.5 Å². The van der Waals surface area contributed by atoms with E-state index < -0.39 is 0 Å². The number of nitrogens with zero attached hydrogens (tertiary/aromatic N) is 4. The van der Waals surface area contributed by atoms with Gasteiger partial charge in [0, 0.05) is 36.8 Å². The van der Waals surface area contributed by atoms with E-state index in [0.717, 1.165) is 53.2 Å². The lowest BCUT2D eigenvalue weighted by molar-refractivity contribution is 0.391. The van der Waals surface area contributed by atoms with E-state index in [2.05, 4.69) is 37.5 Å².